The Balaban J connectivity index is 0.00000200. The number of aromatic hydroxyl groups is 1. The summed E-state index contributed by atoms with van der Waals surface area (Å²) in [5, 5.41) is 20.3. The molecule has 2 aliphatic carbocycles. The summed E-state index contributed by atoms with van der Waals surface area (Å²) in [6.07, 6.45) is 7.21. The Bertz CT molecular complexity index is 1500. The Labute approximate surface area is 270 Å². The molecule has 1 unspecified atom stereocenters. The van der Waals surface area contributed by atoms with E-state index in [0.717, 1.165) is 49.7 Å². The van der Waals surface area contributed by atoms with Gasteiger partial charge in [0, 0.05) is 23.6 Å². The molecular formula is C28H30N2Na2O5S. The van der Waals surface area contributed by atoms with Gasteiger partial charge in [-0.3, -0.25) is 4.72 Å². The quantitative estimate of drug-likeness (QED) is 0.396. The van der Waals surface area contributed by atoms with E-state index in [0.29, 0.717) is 29.9 Å². The van der Waals surface area contributed by atoms with Gasteiger partial charge in [-0.2, -0.15) is 5.26 Å². The monoisotopic (exact) mass is 552 g/mol. The summed E-state index contributed by atoms with van der Waals surface area (Å²) in [5.41, 5.74) is 2.01. The smallest absolute Gasteiger partial charge is 1.00 e. The molecule has 2 aromatic carbocycles. The first-order chi connectivity index (χ1) is 17.4. The fourth-order valence-electron chi connectivity index (χ4n) is 5.12. The number of aryl methyl sites for hydroxylation is 1. The van der Waals surface area contributed by atoms with E-state index in [1.807, 2.05) is 12.1 Å². The van der Waals surface area contributed by atoms with E-state index >= 15 is 0 Å². The summed E-state index contributed by atoms with van der Waals surface area (Å²) < 4.78 is 34.2. The maximum atomic E-state index is 13.1. The normalized spacial score (nSPS) is 15.9. The summed E-state index contributed by atoms with van der Waals surface area (Å²) >= 11 is 0. The van der Waals surface area contributed by atoms with Gasteiger partial charge in [-0.1, -0.05) is 25.0 Å². The van der Waals surface area contributed by atoms with Crippen LogP contribution in [0.1, 0.15) is 75.3 Å². The van der Waals surface area contributed by atoms with E-state index in [1.165, 1.54) is 24.3 Å². The first kappa shape index (κ1) is 31.0. The van der Waals surface area contributed by atoms with E-state index in [-0.39, 0.29) is 90.0 Å². The largest absolute Gasteiger partial charge is 1.00 e. The molecule has 10 heteroatoms. The number of hydrogen-bond acceptors (Lipinski definition) is 6. The number of hydrogen-bond donors (Lipinski definition) is 2. The Hall–Kier alpha value is -1.57. The number of nitriles is 1. The molecule has 0 aliphatic heterocycles. The Morgan fingerprint density at radius 1 is 1.03 bits per heavy atom. The SMILES string of the molecule is N#Cc1ccc(S(=O)(=O)Nc2cccc(C(c3c(O)c4c(oc3=O)CCCCCC4)C3CC3)c2)cc1.[H-].[H-].[Na+].[Na+]. The first-order valence-corrected chi connectivity index (χ1v) is 13.9. The number of sulfonamides is 1. The van der Waals surface area contributed by atoms with Crippen molar-refractivity contribution in [1.82, 2.24) is 0 Å². The van der Waals surface area contributed by atoms with E-state index in [1.54, 1.807) is 18.2 Å². The predicted molar refractivity (Wildman–Crippen MR) is 138 cm³/mol. The van der Waals surface area contributed by atoms with E-state index in [9.17, 15) is 18.3 Å². The van der Waals surface area contributed by atoms with Gasteiger partial charge in [-0.25, -0.2) is 13.2 Å². The second kappa shape index (κ2) is 13.2. The number of anilines is 1. The van der Waals surface area contributed by atoms with Crippen LogP contribution in [0.5, 0.6) is 5.75 Å². The maximum absolute atomic E-state index is 13.1. The van der Waals surface area contributed by atoms with Gasteiger partial charge in [0.1, 0.15) is 11.5 Å². The van der Waals surface area contributed by atoms with Crippen LogP contribution in [0.4, 0.5) is 5.69 Å². The first-order valence-electron chi connectivity index (χ1n) is 12.4. The van der Waals surface area contributed by atoms with Crippen molar-refractivity contribution in [2.24, 2.45) is 5.92 Å². The van der Waals surface area contributed by atoms with Gasteiger partial charge in [-0.15, -0.1) is 0 Å². The van der Waals surface area contributed by atoms with Crippen molar-refractivity contribution in [2.45, 2.75) is 62.2 Å². The molecule has 2 N–H and O–H groups in total. The molecule has 5 rings (SSSR count). The van der Waals surface area contributed by atoms with Crippen LogP contribution in [0.25, 0.3) is 0 Å². The van der Waals surface area contributed by atoms with Crippen LogP contribution in [0, 0.1) is 17.2 Å². The topological polar surface area (TPSA) is 120 Å². The van der Waals surface area contributed by atoms with E-state index < -0.39 is 15.6 Å². The van der Waals surface area contributed by atoms with Crippen LogP contribution in [0.2, 0.25) is 0 Å². The number of nitrogens with zero attached hydrogens (tertiary/aromatic N) is 1. The number of fused-ring (bicyclic) bond motifs is 1. The number of nitrogens with one attached hydrogen (secondary N) is 1. The van der Waals surface area contributed by atoms with Crippen molar-refractivity contribution in [3.63, 3.8) is 0 Å². The predicted octanol–water partition coefficient (Wildman–Crippen LogP) is -0.548. The molecule has 3 aromatic rings. The van der Waals surface area contributed by atoms with Crippen molar-refractivity contribution in [1.29, 1.82) is 5.26 Å². The molecule has 7 nitrogen and oxygen atoms in total. The molecule has 0 bridgehead atoms. The van der Waals surface area contributed by atoms with Crippen LogP contribution in [-0.2, 0) is 22.9 Å². The molecule has 190 valence electrons. The van der Waals surface area contributed by atoms with Crippen molar-refractivity contribution in [3.05, 3.63) is 87.0 Å². The van der Waals surface area contributed by atoms with Crippen molar-refractivity contribution < 1.29 is 79.9 Å². The van der Waals surface area contributed by atoms with Gasteiger partial charge < -0.3 is 12.4 Å². The average Bonchev–Trinajstić information content (AvgIpc) is 3.68. The van der Waals surface area contributed by atoms with Crippen LogP contribution in [0.15, 0.2) is 62.6 Å². The molecule has 0 spiro atoms. The maximum Gasteiger partial charge on any atom is 1.00 e. The van der Waals surface area contributed by atoms with Gasteiger partial charge in [0.2, 0.25) is 0 Å². The Morgan fingerprint density at radius 3 is 2.37 bits per heavy atom. The van der Waals surface area contributed by atoms with E-state index in [4.69, 9.17) is 9.68 Å². The molecule has 1 heterocycles. The molecule has 1 atom stereocenters. The molecule has 0 radical (unpaired) electrons. The molecule has 2 aliphatic rings. The number of benzene rings is 2. The zero-order valence-electron chi connectivity index (χ0n) is 23.9. The van der Waals surface area contributed by atoms with Gasteiger partial charge in [-0.05, 0) is 80.0 Å². The summed E-state index contributed by atoms with van der Waals surface area (Å²) in [7, 11) is -3.87. The Kier molecular flexibility index (Phi) is 10.7. The summed E-state index contributed by atoms with van der Waals surface area (Å²) in [6, 6.07) is 14.6. The van der Waals surface area contributed by atoms with Crippen molar-refractivity contribution in [3.8, 4) is 11.8 Å². The van der Waals surface area contributed by atoms with Crippen LogP contribution in [-0.4, -0.2) is 13.5 Å². The molecule has 1 aromatic heterocycles. The summed E-state index contributed by atoms with van der Waals surface area (Å²) in [4.78, 5) is 13.2. The Morgan fingerprint density at radius 2 is 1.71 bits per heavy atom. The van der Waals surface area contributed by atoms with Crippen LogP contribution < -0.4 is 69.5 Å². The molecule has 1 saturated carbocycles. The molecule has 38 heavy (non-hydrogen) atoms. The zero-order chi connectivity index (χ0) is 25.3. The second-order valence-electron chi connectivity index (χ2n) is 9.65. The molecule has 0 saturated heterocycles. The third kappa shape index (κ3) is 6.76. The summed E-state index contributed by atoms with van der Waals surface area (Å²) in [6.45, 7) is 0. The minimum atomic E-state index is -3.87. The number of rotatable bonds is 6. The average molecular weight is 553 g/mol. The standard InChI is InChI=1S/C28H28N2O5S.2Na.2H/c29-17-18-10-14-22(15-11-18)36(33,34)30-21-7-5-6-20(16-21)25(19-12-13-19)26-27(31)23-8-3-1-2-4-9-24(23)35-28(26)32;;;;/h5-7,10-11,14-16,19,25,30-31H,1-4,8-9,12-13H2;;;;/q;2*+1;2*-1. The van der Waals surface area contributed by atoms with Gasteiger partial charge in [0.15, 0.2) is 0 Å². The molecule has 1 fully saturated rings. The van der Waals surface area contributed by atoms with Gasteiger partial charge in [0.05, 0.1) is 22.1 Å². The second-order valence-corrected chi connectivity index (χ2v) is 11.3. The minimum absolute atomic E-state index is 0. The third-order valence-electron chi connectivity index (χ3n) is 7.09. The third-order valence-corrected chi connectivity index (χ3v) is 8.49. The zero-order valence-corrected chi connectivity index (χ0v) is 26.7. The van der Waals surface area contributed by atoms with E-state index in [2.05, 4.69) is 4.72 Å². The van der Waals surface area contributed by atoms with Gasteiger partial charge >= 0.3 is 64.7 Å². The van der Waals surface area contributed by atoms with Crippen LogP contribution >= 0.6 is 0 Å². The minimum Gasteiger partial charge on any atom is -1.00 e. The fraction of sp³-hybridized carbons (Fsp3) is 0.357. The van der Waals surface area contributed by atoms with Crippen LogP contribution in [0.3, 0.4) is 0 Å². The van der Waals surface area contributed by atoms with Crippen molar-refractivity contribution >= 4 is 15.7 Å². The van der Waals surface area contributed by atoms with Crippen molar-refractivity contribution in [2.75, 3.05) is 4.72 Å². The molecule has 0 amide bonds. The molecular weight excluding hydrogens is 522 g/mol. The fourth-order valence-corrected chi connectivity index (χ4v) is 6.17. The summed E-state index contributed by atoms with van der Waals surface area (Å²) in [5.74, 6) is 0.440. The van der Waals surface area contributed by atoms with Gasteiger partial charge in [0.25, 0.3) is 10.0 Å².